The van der Waals surface area contributed by atoms with E-state index in [1.54, 1.807) is 11.3 Å². The number of nitrogens with two attached hydrogens (primary N) is 1. The minimum absolute atomic E-state index is 0.00863. The Kier molecular flexibility index (Phi) is 4.47. The molecule has 2 heterocycles. The predicted octanol–water partition coefficient (Wildman–Crippen LogP) is 3.12. The highest BCUT2D eigenvalue weighted by Crippen LogP contribution is 2.26. The number of para-hydroxylation sites is 2. The first-order chi connectivity index (χ1) is 11.8. The van der Waals surface area contributed by atoms with Gasteiger partial charge in [-0.05, 0) is 24.3 Å². The first-order valence-corrected chi connectivity index (χ1v) is 9.24. The van der Waals surface area contributed by atoms with Crippen LogP contribution < -0.4 is 10.6 Å². The third kappa shape index (κ3) is 3.29. The summed E-state index contributed by atoms with van der Waals surface area (Å²) < 4.78 is 1.22. The maximum absolute atomic E-state index is 6.43. The molecule has 124 valence electrons. The number of thiazole rings is 1. The third-order valence-electron chi connectivity index (χ3n) is 4.58. The van der Waals surface area contributed by atoms with Crippen molar-refractivity contribution in [2.75, 3.05) is 37.6 Å². The largest absolute Gasteiger partial charge is 0.369 e. The molecule has 0 radical (unpaired) electrons. The van der Waals surface area contributed by atoms with Gasteiger partial charge in [-0.1, -0.05) is 30.3 Å². The lowest BCUT2D eigenvalue weighted by atomic mass is 10.2. The standard InChI is InChI=1S/C19H22N4S/c20-16(19-21-17-8-4-5-9-18(17)24-19)14-22-10-12-23(13-11-22)15-6-2-1-3-7-15/h1-9,16H,10-14,20H2. The van der Waals surface area contributed by atoms with Crippen molar-refractivity contribution in [1.82, 2.24) is 9.88 Å². The Bertz CT molecular complexity index is 760. The van der Waals surface area contributed by atoms with Gasteiger partial charge in [0.05, 0.1) is 16.3 Å². The van der Waals surface area contributed by atoms with E-state index in [9.17, 15) is 0 Å². The minimum Gasteiger partial charge on any atom is -0.369 e. The van der Waals surface area contributed by atoms with Crippen LogP contribution in [0.4, 0.5) is 5.69 Å². The Hall–Kier alpha value is -1.95. The summed E-state index contributed by atoms with van der Waals surface area (Å²) >= 11 is 1.72. The Morgan fingerprint density at radius 2 is 1.67 bits per heavy atom. The van der Waals surface area contributed by atoms with Gasteiger partial charge in [-0.2, -0.15) is 0 Å². The van der Waals surface area contributed by atoms with Gasteiger partial charge in [-0.25, -0.2) is 4.98 Å². The van der Waals surface area contributed by atoms with E-state index in [0.717, 1.165) is 43.2 Å². The molecule has 4 rings (SSSR count). The molecule has 0 spiro atoms. The molecule has 1 aromatic heterocycles. The second-order valence-electron chi connectivity index (χ2n) is 6.25. The second-order valence-corrected chi connectivity index (χ2v) is 7.31. The van der Waals surface area contributed by atoms with Crippen LogP contribution in [0.1, 0.15) is 11.0 Å². The molecule has 3 aromatic rings. The lowest BCUT2D eigenvalue weighted by Crippen LogP contribution is -2.48. The first-order valence-electron chi connectivity index (χ1n) is 8.43. The molecule has 1 aliphatic rings. The van der Waals surface area contributed by atoms with Crippen LogP contribution in [0.2, 0.25) is 0 Å². The lowest BCUT2D eigenvalue weighted by molar-refractivity contribution is 0.243. The van der Waals surface area contributed by atoms with Gasteiger partial charge < -0.3 is 10.6 Å². The minimum atomic E-state index is -0.00863. The number of rotatable bonds is 4. The maximum atomic E-state index is 6.43. The summed E-state index contributed by atoms with van der Waals surface area (Å²) in [6.07, 6.45) is 0. The van der Waals surface area contributed by atoms with Crippen molar-refractivity contribution in [3.05, 3.63) is 59.6 Å². The van der Waals surface area contributed by atoms with E-state index in [-0.39, 0.29) is 6.04 Å². The van der Waals surface area contributed by atoms with E-state index in [4.69, 9.17) is 10.7 Å². The molecule has 1 atom stereocenters. The monoisotopic (exact) mass is 338 g/mol. The summed E-state index contributed by atoms with van der Waals surface area (Å²) in [4.78, 5) is 9.60. The molecule has 0 aliphatic carbocycles. The molecular weight excluding hydrogens is 316 g/mol. The number of anilines is 1. The van der Waals surface area contributed by atoms with E-state index in [1.165, 1.54) is 10.4 Å². The zero-order valence-corrected chi connectivity index (χ0v) is 14.5. The van der Waals surface area contributed by atoms with Crippen molar-refractivity contribution in [2.45, 2.75) is 6.04 Å². The van der Waals surface area contributed by atoms with Crippen LogP contribution in [0.25, 0.3) is 10.2 Å². The molecule has 2 N–H and O–H groups in total. The van der Waals surface area contributed by atoms with Crippen LogP contribution in [-0.2, 0) is 0 Å². The number of aromatic nitrogens is 1. The quantitative estimate of drug-likeness (QED) is 0.794. The van der Waals surface area contributed by atoms with Gasteiger partial charge in [0.1, 0.15) is 5.01 Å². The van der Waals surface area contributed by atoms with E-state index >= 15 is 0 Å². The van der Waals surface area contributed by atoms with Crippen molar-refractivity contribution in [3.8, 4) is 0 Å². The lowest BCUT2D eigenvalue weighted by Gasteiger charge is -2.36. The van der Waals surface area contributed by atoms with Crippen LogP contribution in [0, 0.1) is 0 Å². The van der Waals surface area contributed by atoms with Crippen LogP contribution in [-0.4, -0.2) is 42.6 Å². The Labute approximate surface area is 146 Å². The van der Waals surface area contributed by atoms with Gasteiger partial charge in [0.25, 0.3) is 0 Å². The van der Waals surface area contributed by atoms with Crippen LogP contribution in [0.5, 0.6) is 0 Å². The second kappa shape index (κ2) is 6.89. The average Bonchev–Trinajstić information content (AvgIpc) is 3.07. The number of benzene rings is 2. The fraction of sp³-hybridized carbons (Fsp3) is 0.316. The van der Waals surface area contributed by atoms with Crippen LogP contribution in [0.3, 0.4) is 0 Å². The summed E-state index contributed by atoms with van der Waals surface area (Å²) in [6.45, 7) is 5.08. The number of nitrogens with zero attached hydrogens (tertiary/aromatic N) is 3. The van der Waals surface area contributed by atoms with Gasteiger partial charge in [0.15, 0.2) is 0 Å². The highest BCUT2D eigenvalue weighted by molar-refractivity contribution is 7.18. The molecular formula is C19H22N4S. The molecule has 5 heteroatoms. The maximum Gasteiger partial charge on any atom is 0.112 e. The summed E-state index contributed by atoms with van der Waals surface area (Å²) in [6, 6.07) is 18.9. The predicted molar refractivity (Wildman–Crippen MR) is 102 cm³/mol. The molecule has 1 fully saturated rings. The fourth-order valence-corrected chi connectivity index (χ4v) is 4.19. The number of hydrogen-bond acceptors (Lipinski definition) is 5. The topological polar surface area (TPSA) is 45.4 Å². The van der Waals surface area contributed by atoms with Crippen molar-refractivity contribution < 1.29 is 0 Å². The van der Waals surface area contributed by atoms with Gasteiger partial charge in [0.2, 0.25) is 0 Å². The zero-order chi connectivity index (χ0) is 16.4. The van der Waals surface area contributed by atoms with Crippen molar-refractivity contribution >= 4 is 27.2 Å². The highest BCUT2D eigenvalue weighted by atomic mass is 32.1. The SMILES string of the molecule is NC(CN1CCN(c2ccccc2)CC1)c1nc2ccccc2s1. The van der Waals surface area contributed by atoms with Crippen molar-refractivity contribution in [2.24, 2.45) is 5.73 Å². The number of piperazine rings is 1. The van der Waals surface area contributed by atoms with Crippen LogP contribution >= 0.6 is 11.3 Å². The Morgan fingerprint density at radius 1 is 0.958 bits per heavy atom. The normalized spacial score (nSPS) is 17.3. The smallest absolute Gasteiger partial charge is 0.112 e. The summed E-state index contributed by atoms with van der Waals surface area (Å²) in [5, 5.41) is 1.04. The highest BCUT2D eigenvalue weighted by Gasteiger charge is 2.21. The third-order valence-corrected chi connectivity index (χ3v) is 5.74. The molecule has 4 nitrogen and oxygen atoms in total. The Morgan fingerprint density at radius 3 is 2.42 bits per heavy atom. The average molecular weight is 338 g/mol. The first kappa shape index (κ1) is 15.6. The van der Waals surface area contributed by atoms with Crippen LogP contribution in [0.15, 0.2) is 54.6 Å². The van der Waals surface area contributed by atoms with Gasteiger partial charge in [0, 0.05) is 38.4 Å². The fourth-order valence-electron chi connectivity index (χ4n) is 3.23. The molecule has 0 saturated carbocycles. The molecule has 0 bridgehead atoms. The van der Waals surface area contributed by atoms with E-state index < -0.39 is 0 Å². The van der Waals surface area contributed by atoms with Crippen molar-refractivity contribution in [1.29, 1.82) is 0 Å². The van der Waals surface area contributed by atoms with Gasteiger partial charge >= 0.3 is 0 Å². The summed E-state index contributed by atoms with van der Waals surface area (Å²) in [5.41, 5.74) is 8.80. The molecule has 1 aliphatic heterocycles. The number of fused-ring (bicyclic) bond motifs is 1. The van der Waals surface area contributed by atoms with E-state index in [1.807, 2.05) is 6.07 Å². The molecule has 1 saturated heterocycles. The van der Waals surface area contributed by atoms with Gasteiger partial charge in [-0.3, -0.25) is 4.90 Å². The zero-order valence-electron chi connectivity index (χ0n) is 13.6. The molecule has 24 heavy (non-hydrogen) atoms. The molecule has 2 aromatic carbocycles. The van der Waals surface area contributed by atoms with Crippen molar-refractivity contribution in [3.63, 3.8) is 0 Å². The Balaban J connectivity index is 1.36. The molecule has 1 unspecified atom stereocenters. The summed E-state index contributed by atoms with van der Waals surface area (Å²) in [7, 11) is 0. The number of hydrogen-bond donors (Lipinski definition) is 1. The van der Waals surface area contributed by atoms with E-state index in [0.29, 0.717) is 0 Å². The van der Waals surface area contributed by atoms with E-state index in [2.05, 4.69) is 58.3 Å². The molecule has 0 amide bonds. The summed E-state index contributed by atoms with van der Waals surface area (Å²) in [5.74, 6) is 0. The van der Waals surface area contributed by atoms with Gasteiger partial charge in [-0.15, -0.1) is 11.3 Å².